The number of nitrogens with zero attached hydrogens (tertiary/aromatic N) is 2. The van der Waals surface area contributed by atoms with E-state index < -0.39 is 0 Å². The molecular formula is C19H17Cl2N3O2. The Labute approximate surface area is 161 Å². The topological polar surface area (TPSA) is 56.2 Å². The van der Waals surface area contributed by atoms with Gasteiger partial charge in [0.15, 0.2) is 5.82 Å². The minimum absolute atomic E-state index is 0.300. The number of nitrogens with one attached hydrogen (secondary N) is 1. The molecule has 1 amide bonds. The van der Waals surface area contributed by atoms with E-state index in [1.165, 1.54) is 6.07 Å². The first-order valence-corrected chi connectivity index (χ1v) is 8.77. The van der Waals surface area contributed by atoms with Crippen molar-refractivity contribution in [2.45, 2.75) is 13.3 Å². The van der Waals surface area contributed by atoms with E-state index in [0.29, 0.717) is 21.4 Å². The molecule has 0 fully saturated rings. The number of halogens is 2. The van der Waals surface area contributed by atoms with Crippen LogP contribution in [0.25, 0.3) is 5.69 Å². The highest BCUT2D eigenvalue weighted by atomic mass is 35.5. The molecule has 3 aromatic rings. The third-order valence-electron chi connectivity index (χ3n) is 3.89. The number of aryl methyl sites for hydroxylation is 1. The number of amides is 1. The van der Waals surface area contributed by atoms with Gasteiger partial charge in [-0.25, -0.2) is 4.68 Å². The number of rotatable bonds is 5. The van der Waals surface area contributed by atoms with E-state index in [1.54, 1.807) is 23.9 Å². The summed E-state index contributed by atoms with van der Waals surface area (Å²) in [6, 6.07) is 14.1. The van der Waals surface area contributed by atoms with Gasteiger partial charge in [-0.2, -0.15) is 0 Å². The Morgan fingerprint density at radius 1 is 1.12 bits per heavy atom. The van der Waals surface area contributed by atoms with Crippen LogP contribution in [0.5, 0.6) is 5.75 Å². The summed E-state index contributed by atoms with van der Waals surface area (Å²) in [6.45, 7) is 2.03. The maximum atomic E-state index is 12.4. The molecule has 3 rings (SSSR count). The number of benzene rings is 2. The van der Waals surface area contributed by atoms with Crippen molar-refractivity contribution in [2.24, 2.45) is 0 Å². The molecule has 0 atom stereocenters. The van der Waals surface area contributed by atoms with Gasteiger partial charge in [0.2, 0.25) is 0 Å². The number of carbonyl (C=O) groups is 1. The summed E-state index contributed by atoms with van der Waals surface area (Å²) in [5, 5.41) is 8.03. The van der Waals surface area contributed by atoms with E-state index in [1.807, 2.05) is 37.3 Å². The number of ether oxygens (including phenoxy) is 1. The molecular weight excluding hydrogens is 373 g/mol. The Balaban J connectivity index is 1.85. The zero-order valence-corrected chi connectivity index (χ0v) is 15.8. The second kappa shape index (κ2) is 7.81. The summed E-state index contributed by atoms with van der Waals surface area (Å²) in [6.07, 6.45) is 0.766. The number of aromatic nitrogens is 2. The number of hydrogen-bond donors (Lipinski definition) is 1. The van der Waals surface area contributed by atoms with E-state index in [9.17, 15) is 4.79 Å². The Morgan fingerprint density at radius 2 is 1.85 bits per heavy atom. The van der Waals surface area contributed by atoms with Gasteiger partial charge in [0.05, 0.1) is 22.8 Å². The van der Waals surface area contributed by atoms with E-state index in [-0.39, 0.29) is 5.91 Å². The highest BCUT2D eigenvalue weighted by Gasteiger charge is 2.13. The standard InChI is InChI=1S/C19H17Cl2N3O2/c1-3-13-11-18(22-19(25)12-4-9-16(20)17(21)10-12)23-24(13)14-5-7-15(26-2)8-6-14/h4-11H,3H2,1-2H3,(H,22,23,25). The lowest BCUT2D eigenvalue weighted by Gasteiger charge is -2.07. The lowest BCUT2D eigenvalue weighted by Crippen LogP contribution is -2.12. The van der Waals surface area contributed by atoms with Crippen LogP contribution in [-0.2, 0) is 6.42 Å². The van der Waals surface area contributed by atoms with Crippen molar-refractivity contribution in [3.63, 3.8) is 0 Å². The molecule has 0 saturated carbocycles. The van der Waals surface area contributed by atoms with Crippen LogP contribution in [-0.4, -0.2) is 22.8 Å². The molecule has 0 unspecified atom stereocenters. The molecule has 1 heterocycles. The third-order valence-corrected chi connectivity index (χ3v) is 4.62. The zero-order valence-electron chi connectivity index (χ0n) is 14.3. The molecule has 2 aromatic carbocycles. The normalized spacial score (nSPS) is 10.6. The van der Waals surface area contributed by atoms with Gasteiger partial charge in [-0.05, 0) is 48.9 Å². The summed E-state index contributed by atoms with van der Waals surface area (Å²) < 4.78 is 6.98. The molecule has 0 aliphatic heterocycles. The minimum Gasteiger partial charge on any atom is -0.497 e. The maximum Gasteiger partial charge on any atom is 0.256 e. The van der Waals surface area contributed by atoms with Gasteiger partial charge in [-0.1, -0.05) is 30.1 Å². The van der Waals surface area contributed by atoms with Crippen molar-refractivity contribution in [3.05, 3.63) is 69.8 Å². The van der Waals surface area contributed by atoms with E-state index in [4.69, 9.17) is 27.9 Å². The summed E-state index contributed by atoms with van der Waals surface area (Å²) in [7, 11) is 1.62. The van der Waals surface area contributed by atoms with Gasteiger partial charge >= 0.3 is 0 Å². The van der Waals surface area contributed by atoms with Crippen LogP contribution < -0.4 is 10.1 Å². The molecule has 1 aromatic heterocycles. The molecule has 134 valence electrons. The SMILES string of the molecule is CCc1cc(NC(=O)c2ccc(Cl)c(Cl)c2)nn1-c1ccc(OC)cc1. The van der Waals surface area contributed by atoms with Gasteiger partial charge in [-0.15, -0.1) is 5.10 Å². The highest BCUT2D eigenvalue weighted by Crippen LogP contribution is 2.24. The van der Waals surface area contributed by atoms with Crippen molar-refractivity contribution < 1.29 is 9.53 Å². The predicted octanol–water partition coefficient (Wildman–Crippen LogP) is 5.00. The average Bonchev–Trinajstić information content (AvgIpc) is 3.06. The van der Waals surface area contributed by atoms with Crippen molar-refractivity contribution in [1.29, 1.82) is 0 Å². The molecule has 0 radical (unpaired) electrons. The monoisotopic (exact) mass is 389 g/mol. The van der Waals surface area contributed by atoms with Crippen LogP contribution in [0, 0.1) is 0 Å². The third kappa shape index (κ3) is 3.84. The first kappa shape index (κ1) is 18.3. The van der Waals surface area contributed by atoms with Crippen LogP contribution in [0.2, 0.25) is 10.0 Å². The zero-order chi connectivity index (χ0) is 18.7. The van der Waals surface area contributed by atoms with Crippen molar-refractivity contribution in [2.75, 3.05) is 12.4 Å². The fraction of sp³-hybridized carbons (Fsp3) is 0.158. The van der Waals surface area contributed by atoms with Gasteiger partial charge in [0.25, 0.3) is 5.91 Å². The first-order valence-electron chi connectivity index (χ1n) is 8.01. The van der Waals surface area contributed by atoms with Crippen molar-refractivity contribution in [1.82, 2.24) is 9.78 Å². The number of carbonyl (C=O) groups excluding carboxylic acids is 1. The smallest absolute Gasteiger partial charge is 0.256 e. The van der Waals surface area contributed by atoms with Crippen LogP contribution in [0.3, 0.4) is 0 Å². The Kier molecular flexibility index (Phi) is 5.49. The second-order valence-electron chi connectivity index (χ2n) is 5.57. The summed E-state index contributed by atoms with van der Waals surface area (Å²) in [5.74, 6) is 0.937. The molecule has 0 spiro atoms. The first-order chi connectivity index (χ1) is 12.5. The van der Waals surface area contributed by atoms with E-state index in [2.05, 4.69) is 10.4 Å². The van der Waals surface area contributed by atoms with Crippen LogP contribution in [0.1, 0.15) is 23.0 Å². The summed E-state index contributed by atoms with van der Waals surface area (Å²) >= 11 is 11.9. The molecule has 0 aliphatic rings. The summed E-state index contributed by atoms with van der Waals surface area (Å²) in [4.78, 5) is 12.4. The molecule has 0 aliphatic carbocycles. The summed E-state index contributed by atoms with van der Waals surface area (Å²) in [5.41, 5.74) is 2.27. The fourth-order valence-electron chi connectivity index (χ4n) is 2.51. The lowest BCUT2D eigenvalue weighted by atomic mass is 10.2. The minimum atomic E-state index is -0.300. The number of hydrogen-bond acceptors (Lipinski definition) is 3. The maximum absolute atomic E-state index is 12.4. The molecule has 7 heteroatoms. The Morgan fingerprint density at radius 3 is 2.46 bits per heavy atom. The molecule has 1 N–H and O–H groups in total. The van der Waals surface area contributed by atoms with Gasteiger partial charge < -0.3 is 10.1 Å². The van der Waals surface area contributed by atoms with Crippen LogP contribution in [0.15, 0.2) is 48.5 Å². The highest BCUT2D eigenvalue weighted by molar-refractivity contribution is 6.42. The van der Waals surface area contributed by atoms with Gasteiger partial charge in [0.1, 0.15) is 5.75 Å². The average molecular weight is 390 g/mol. The van der Waals surface area contributed by atoms with E-state index in [0.717, 1.165) is 23.6 Å². The predicted molar refractivity (Wildman–Crippen MR) is 104 cm³/mol. The van der Waals surface area contributed by atoms with Gasteiger partial charge in [-0.3, -0.25) is 4.79 Å². The van der Waals surface area contributed by atoms with Crippen molar-refractivity contribution >= 4 is 34.9 Å². The molecule has 5 nitrogen and oxygen atoms in total. The number of methoxy groups -OCH3 is 1. The fourth-order valence-corrected chi connectivity index (χ4v) is 2.80. The largest absolute Gasteiger partial charge is 0.497 e. The lowest BCUT2D eigenvalue weighted by molar-refractivity contribution is 0.102. The van der Waals surface area contributed by atoms with Crippen LogP contribution in [0.4, 0.5) is 5.82 Å². The van der Waals surface area contributed by atoms with E-state index >= 15 is 0 Å². The Bertz CT molecular complexity index is 936. The molecule has 0 saturated heterocycles. The van der Waals surface area contributed by atoms with Crippen LogP contribution >= 0.6 is 23.2 Å². The van der Waals surface area contributed by atoms with Gasteiger partial charge in [0, 0.05) is 17.3 Å². The Hall–Kier alpha value is -2.50. The second-order valence-corrected chi connectivity index (χ2v) is 6.38. The quantitative estimate of drug-likeness (QED) is 0.667. The number of anilines is 1. The molecule has 0 bridgehead atoms. The molecule has 26 heavy (non-hydrogen) atoms. The van der Waals surface area contributed by atoms with Crippen molar-refractivity contribution in [3.8, 4) is 11.4 Å².